The molecular weight excluding hydrogens is 216 g/mol. The number of carbonyl (C=O) groups excluding carboxylic acids is 1. The van der Waals surface area contributed by atoms with Crippen LogP contribution in [0.25, 0.3) is 0 Å². The van der Waals surface area contributed by atoms with Crippen LogP contribution in [0.4, 0.5) is 0 Å². The molecule has 0 aliphatic carbocycles. The van der Waals surface area contributed by atoms with Gasteiger partial charge in [0.15, 0.2) is 0 Å². The molecule has 0 spiro atoms. The Morgan fingerprint density at radius 2 is 2.06 bits per heavy atom. The molecule has 0 fully saturated rings. The summed E-state index contributed by atoms with van der Waals surface area (Å²) in [5.41, 5.74) is 3.66. The van der Waals surface area contributed by atoms with E-state index in [2.05, 4.69) is 15.0 Å². The van der Waals surface area contributed by atoms with Crippen LogP contribution in [-0.2, 0) is 9.63 Å². The van der Waals surface area contributed by atoms with Crippen molar-refractivity contribution < 1.29 is 9.63 Å². The minimum atomic E-state index is -0.428. The molecule has 0 aromatic heterocycles. The largest absolute Gasteiger partial charge is 0.331 e. The second-order valence-electron chi connectivity index (χ2n) is 3.68. The van der Waals surface area contributed by atoms with Crippen LogP contribution in [0, 0.1) is 6.92 Å². The zero-order valence-corrected chi connectivity index (χ0v) is 10.5. The second-order valence-corrected chi connectivity index (χ2v) is 3.68. The van der Waals surface area contributed by atoms with Crippen molar-refractivity contribution in [3.63, 3.8) is 0 Å². The lowest BCUT2D eigenvalue weighted by atomic mass is 10.00. The highest BCUT2D eigenvalue weighted by Crippen LogP contribution is 2.13. The third kappa shape index (κ3) is 3.52. The van der Waals surface area contributed by atoms with Gasteiger partial charge in [0.25, 0.3) is 0 Å². The molecule has 0 amide bonds. The van der Waals surface area contributed by atoms with Crippen molar-refractivity contribution >= 4 is 17.9 Å². The highest BCUT2D eigenvalue weighted by atomic mass is 16.7. The maximum absolute atomic E-state index is 10.7. The van der Waals surface area contributed by atoms with Crippen molar-refractivity contribution in [1.82, 2.24) is 0 Å². The summed E-state index contributed by atoms with van der Waals surface area (Å²) in [6.45, 7) is 5.12. The molecule has 4 nitrogen and oxygen atoms in total. The van der Waals surface area contributed by atoms with Crippen molar-refractivity contribution in [2.45, 2.75) is 20.8 Å². The lowest BCUT2D eigenvalue weighted by Gasteiger charge is -2.07. The molecular formula is C13H16N2O2. The summed E-state index contributed by atoms with van der Waals surface area (Å²) < 4.78 is 0. The van der Waals surface area contributed by atoms with Gasteiger partial charge in [-0.15, -0.1) is 0 Å². The van der Waals surface area contributed by atoms with E-state index in [0.717, 1.165) is 16.7 Å². The Morgan fingerprint density at radius 1 is 1.35 bits per heavy atom. The number of benzene rings is 1. The number of oxime groups is 1. The Labute approximate surface area is 101 Å². The third-order valence-corrected chi connectivity index (χ3v) is 2.28. The van der Waals surface area contributed by atoms with E-state index in [9.17, 15) is 4.79 Å². The third-order valence-electron chi connectivity index (χ3n) is 2.28. The molecule has 0 aliphatic rings. The second kappa shape index (κ2) is 5.94. The van der Waals surface area contributed by atoms with Gasteiger partial charge in [-0.25, -0.2) is 4.79 Å². The first-order valence-corrected chi connectivity index (χ1v) is 5.30. The van der Waals surface area contributed by atoms with E-state index in [1.54, 1.807) is 20.2 Å². The summed E-state index contributed by atoms with van der Waals surface area (Å²) >= 11 is 0. The van der Waals surface area contributed by atoms with Crippen LogP contribution in [-0.4, -0.2) is 24.9 Å². The fraction of sp³-hybridized carbons (Fsp3) is 0.308. The van der Waals surface area contributed by atoms with Crippen molar-refractivity contribution in [1.29, 1.82) is 0 Å². The minimum absolute atomic E-state index is 0.428. The fourth-order valence-corrected chi connectivity index (χ4v) is 1.48. The molecule has 0 bridgehead atoms. The summed E-state index contributed by atoms with van der Waals surface area (Å²) in [6, 6.07) is 5.86. The van der Waals surface area contributed by atoms with E-state index in [0.29, 0.717) is 5.71 Å². The Bertz CT molecular complexity index is 476. The fourth-order valence-electron chi connectivity index (χ4n) is 1.48. The Morgan fingerprint density at radius 3 is 2.65 bits per heavy atom. The molecule has 1 rings (SSSR count). The number of hydrogen-bond acceptors (Lipinski definition) is 4. The van der Waals surface area contributed by atoms with E-state index >= 15 is 0 Å². The molecule has 17 heavy (non-hydrogen) atoms. The molecule has 0 radical (unpaired) electrons. The maximum atomic E-state index is 10.7. The highest BCUT2D eigenvalue weighted by molar-refractivity contribution is 6.06. The van der Waals surface area contributed by atoms with Gasteiger partial charge in [-0.3, -0.25) is 4.99 Å². The summed E-state index contributed by atoms with van der Waals surface area (Å²) in [5.74, 6) is -0.428. The monoisotopic (exact) mass is 232 g/mol. The first-order valence-electron chi connectivity index (χ1n) is 5.30. The lowest BCUT2D eigenvalue weighted by molar-refractivity contribution is -0.140. The van der Waals surface area contributed by atoms with Gasteiger partial charge in [0.1, 0.15) is 0 Å². The van der Waals surface area contributed by atoms with Crippen molar-refractivity contribution in [3.8, 4) is 0 Å². The summed E-state index contributed by atoms with van der Waals surface area (Å²) in [7, 11) is 1.72. The first-order chi connectivity index (χ1) is 8.06. The van der Waals surface area contributed by atoms with E-state index in [-0.39, 0.29) is 0 Å². The average molecular weight is 232 g/mol. The quantitative estimate of drug-likeness (QED) is 0.456. The molecule has 0 aliphatic heterocycles. The Hall–Kier alpha value is -1.97. The first kappa shape index (κ1) is 13.1. The molecule has 4 heteroatoms. The predicted molar refractivity (Wildman–Crippen MR) is 68.7 cm³/mol. The number of aliphatic imine (C=N–C) groups is 1. The van der Waals surface area contributed by atoms with Crippen molar-refractivity contribution in [3.05, 3.63) is 34.9 Å². The molecule has 0 N–H and O–H groups in total. The van der Waals surface area contributed by atoms with E-state index in [4.69, 9.17) is 0 Å². The van der Waals surface area contributed by atoms with Crippen LogP contribution in [0.3, 0.4) is 0 Å². The van der Waals surface area contributed by atoms with Gasteiger partial charge in [-0.1, -0.05) is 23.4 Å². The average Bonchev–Trinajstić information content (AvgIpc) is 2.29. The maximum Gasteiger partial charge on any atom is 0.331 e. The van der Waals surface area contributed by atoms with Gasteiger partial charge in [-0.2, -0.15) is 0 Å². The highest BCUT2D eigenvalue weighted by Gasteiger charge is 2.07. The summed E-state index contributed by atoms with van der Waals surface area (Å²) in [5, 5.41) is 3.78. The van der Waals surface area contributed by atoms with E-state index < -0.39 is 5.97 Å². The van der Waals surface area contributed by atoms with Crippen molar-refractivity contribution in [2.75, 3.05) is 7.05 Å². The van der Waals surface area contributed by atoms with Crippen LogP contribution >= 0.6 is 0 Å². The van der Waals surface area contributed by atoms with Crippen LogP contribution in [0.1, 0.15) is 30.5 Å². The number of hydrogen-bond donors (Lipinski definition) is 0. The number of aryl methyl sites for hydroxylation is 1. The molecule has 0 atom stereocenters. The van der Waals surface area contributed by atoms with Gasteiger partial charge in [0.05, 0.1) is 5.71 Å². The van der Waals surface area contributed by atoms with Gasteiger partial charge >= 0.3 is 5.97 Å². The van der Waals surface area contributed by atoms with Gasteiger partial charge in [0, 0.05) is 31.3 Å². The zero-order valence-electron chi connectivity index (χ0n) is 10.5. The molecule has 0 saturated carbocycles. The summed E-state index contributed by atoms with van der Waals surface area (Å²) in [4.78, 5) is 19.4. The molecule has 1 aromatic rings. The molecule has 0 unspecified atom stereocenters. The Balaban J connectivity index is 3.17. The minimum Gasteiger partial charge on any atom is -0.318 e. The number of rotatable bonds is 3. The van der Waals surface area contributed by atoms with Gasteiger partial charge in [0.2, 0.25) is 0 Å². The topological polar surface area (TPSA) is 51.0 Å². The Kier molecular flexibility index (Phi) is 4.57. The SMILES string of the molecule is CN=Cc1c(C)cccc1/C(C)=N/OC(C)=O. The van der Waals surface area contributed by atoms with Crippen LogP contribution in [0.2, 0.25) is 0 Å². The smallest absolute Gasteiger partial charge is 0.318 e. The molecule has 90 valence electrons. The van der Waals surface area contributed by atoms with Gasteiger partial charge in [-0.05, 0) is 19.4 Å². The van der Waals surface area contributed by atoms with Gasteiger partial charge < -0.3 is 4.84 Å². The zero-order chi connectivity index (χ0) is 12.8. The van der Waals surface area contributed by atoms with Crippen molar-refractivity contribution in [2.24, 2.45) is 10.1 Å². The van der Waals surface area contributed by atoms with E-state index in [1.807, 2.05) is 25.1 Å². The number of carbonyl (C=O) groups is 1. The number of nitrogens with zero attached hydrogens (tertiary/aromatic N) is 2. The van der Waals surface area contributed by atoms with Crippen LogP contribution in [0.5, 0.6) is 0 Å². The van der Waals surface area contributed by atoms with Crippen LogP contribution in [0.15, 0.2) is 28.3 Å². The molecule has 0 heterocycles. The standard InChI is InChI=1S/C13H16N2O2/c1-9-6-5-7-12(13(9)8-14-4)10(2)15-17-11(3)16/h5-8H,1-4H3/b14-8?,15-10+. The summed E-state index contributed by atoms with van der Waals surface area (Å²) in [6.07, 6.45) is 1.78. The molecule has 0 saturated heterocycles. The predicted octanol–water partition coefficient (Wildman–Crippen LogP) is 2.33. The lowest BCUT2D eigenvalue weighted by Crippen LogP contribution is -2.04. The van der Waals surface area contributed by atoms with E-state index in [1.165, 1.54) is 6.92 Å². The molecule has 1 aromatic carbocycles. The van der Waals surface area contributed by atoms with Crippen LogP contribution < -0.4 is 0 Å². The normalized spacial score (nSPS) is 11.9.